The van der Waals surface area contributed by atoms with Gasteiger partial charge in [-0.05, 0) is 57.4 Å². The van der Waals surface area contributed by atoms with Gasteiger partial charge in [0, 0.05) is 10.4 Å². The van der Waals surface area contributed by atoms with E-state index in [0.29, 0.717) is 34.8 Å². The van der Waals surface area contributed by atoms with Crippen molar-refractivity contribution < 1.29 is 9.47 Å². The summed E-state index contributed by atoms with van der Waals surface area (Å²) >= 11 is 7.01. The van der Waals surface area contributed by atoms with E-state index in [-0.39, 0.29) is 11.5 Å². The number of methoxy groups -OCH3 is 1. The molecule has 3 aromatic carbocycles. The summed E-state index contributed by atoms with van der Waals surface area (Å²) in [5.74, 6) is 1.75. The maximum atomic E-state index is 13.2. The molecule has 6 nitrogen and oxygen atoms in total. The minimum Gasteiger partial charge on any atom is -0.493 e. The van der Waals surface area contributed by atoms with Crippen LogP contribution in [0.15, 0.2) is 79.5 Å². The second-order valence-corrected chi connectivity index (χ2v) is 9.73. The first kappa shape index (κ1) is 24.2. The Bertz CT molecular complexity index is 1420. The zero-order valence-corrected chi connectivity index (χ0v) is 22.1. The summed E-state index contributed by atoms with van der Waals surface area (Å²) in [4.78, 5) is 17.9. The molecule has 0 radical (unpaired) electrons. The van der Waals surface area contributed by atoms with Crippen LogP contribution in [-0.2, 0) is 6.61 Å². The molecule has 0 aliphatic rings. The van der Waals surface area contributed by atoms with Crippen molar-refractivity contribution in [2.24, 2.45) is 5.10 Å². The lowest BCUT2D eigenvalue weighted by Gasteiger charge is -2.14. The Balaban J connectivity index is 1.70. The molecule has 0 aliphatic heterocycles. The third-order valence-corrected chi connectivity index (χ3v) is 6.23. The molecule has 8 heteroatoms. The van der Waals surface area contributed by atoms with Crippen molar-refractivity contribution >= 4 is 49.0 Å². The molecule has 0 fully saturated rings. The van der Waals surface area contributed by atoms with E-state index in [1.54, 1.807) is 19.4 Å². The lowest BCUT2D eigenvalue weighted by molar-refractivity contribution is 0.282. The van der Waals surface area contributed by atoms with Crippen molar-refractivity contribution in [1.82, 2.24) is 9.66 Å². The van der Waals surface area contributed by atoms with Gasteiger partial charge in [-0.1, -0.05) is 60.1 Å². The Kier molecular flexibility index (Phi) is 7.48. The van der Waals surface area contributed by atoms with Crippen molar-refractivity contribution in [3.63, 3.8) is 0 Å². The van der Waals surface area contributed by atoms with Gasteiger partial charge in [-0.2, -0.15) is 9.78 Å². The molecular formula is C26H23Br2N3O3. The molecule has 1 aromatic heterocycles. The molecule has 0 N–H and O–H groups in total. The van der Waals surface area contributed by atoms with Gasteiger partial charge in [0.15, 0.2) is 11.5 Å². The first-order valence-corrected chi connectivity index (χ1v) is 12.3. The van der Waals surface area contributed by atoms with Gasteiger partial charge in [0.2, 0.25) is 0 Å². The maximum absolute atomic E-state index is 13.2. The largest absolute Gasteiger partial charge is 0.493 e. The standard InChI is InChI=1S/C26H23Br2N3O3/c1-16(2)25-30-22-10-9-19(27)13-20(22)26(32)31(25)29-14-18-11-21(28)24(23(12-18)33-3)34-15-17-7-5-4-6-8-17/h4-14,16H,15H2,1-3H3. The van der Waals surface area contributed by atoms with Crippen molar-refractivity contribution in [3.05, 3.63) is 96.9 Å². The number of halogens is 2. The topological polar surface area (TPSA) is 65.7 Å². The molecule has 4 aromatic rings. The predicted octanol–water partition coefficient (Wildman–Crippen LogP) is 6.51. The first-order chi connectivity index (χ1) is 16.4. The number of aromatic nitrogens is 2. The number of nitrogens with zero attached hydrogens (tertiary/aromatic N) is 3. The fourth-order valence-corrected chi connectivity index (χ4v) is 4.40. The molecule has 0 saturated heterocycles. The number of hydrogen-bond donors (Lipinski definition) is 0. The Morgan fingerprint density at radius 2 is 1.85 bits per heavy atom. The average Bonchev–Trinajstić information content (AvgIpc) is 2.83. The molecule has 0 bridgehead atoms. The number of rotatable bonds is 7. The molecule has 0 amide bonds. The lowest BCUT2D eigenvalue weighted by atomic mass is 10.2. The van der Waals surface area contributed by atoms with Crippen LogP contribution in [0.4, 0.5) is 0 Å². The van der Waals surface area contributed by atoms with Gasteiger partial charge in [-0.3, -0.25) is 4.79 Å². The maximum Gasteiger partial charge on any atom is 0.282 e. The molecular weight excluding hydrogens is 562 g/mol. The minimum absolute atomic E-state index is 0.00734. The summed E-state index contributed by atoms with van der Waals surface area (Å²) in [6, 6.07) is 19.1. The van der Waals surface area contributed by atoms with Crippen molar-refractivity contribution in [2.45, 2.75) is 26.4 Å². The second-order valence-electron chi connectivity index (χ2n) is 7.96. The highest BCUT2D eigenvalue weighted by atomic mass is 79.9. The van der Waals surface area contributed by atoms with Gasteiger partial charge in [0.25, 0.3) is 5.56 Å². The van der Waals surface area contributed by atoms with Gasteiger partial charge >= 0.3 is 0 Å². The molecule has 0 spiro atoms. The summed E-state index contributed by atoms with van der Waals surface area (Å²) < 4.78 is 14.5. The highest BCUT2D eigenvalue weighted by Crippen LogP contribution is 2.37. The van der Waals surface area contributed by atoms with E-state index >= 15 is 0 Å². The van der Waals surface area contributed by atoms with Gasteiger partial charge < -0.3 is 9.47 Å². The molecule has 0 aliphatic carbocycles. The van der Waals surface area contributed by atoms with Crippen molar-refractivity contribution in [1.29, 1.82) is 0 Å². The van der Waals surface area contributed by atoms with E-state index in [2.05, 4.69) is 41.9 Å². The molecule has 4 rings (SSSR count). The minimum atomic E-state index is -0.222. The Morgan fingerprint density at radius 3 is 2.56 bits per heavy atom. The van der Waals surface area contributed by atoms with E-state index in [1.807, 2.05) is 68.4 Å². The molecule has 1 heterocycles. The van der Waals surface area contributed by atoms with Crippen LogP contribution in [0, 0.1) is 0 Å². The second kappa shape index (κ2) is 10.5. The Labute approximate surface area is 214 Å². The van der Waals surface area contributed by atoms with Crippen LogP contribution in [0.3, 0.4) is 0 Å². The van der Waals surface area contributed by atoms with E-state index in [9.17, 15) is 4.79 Å². The fraction of sp³-hybridized carbons (Fsp3) is 0.192. The number of hydrogen-bond acceptors (Lipinski definition) is 5. The first-order valence-electron chi connectivity index (χ1n) is 10.7. The monoisotopic (exact) mass is 583 g/mol. The summed E-state index contributed by atoms with van der Waals surface area (Å²) in [6.45, 7) is 4.38. The van der Waals surface area contributed by atoms with E-state index < -0.39 is 0 Å². The van der Waals surface area contributed by atoms with Crippen LogP contribution in [0.2, 0.25) is 0 Å². The molecule has 0 unspecified atom stereocenters. The smallest absolute Gasteiger partial charge is 0.282 e. The van der Waals surface area contributed by atoms with Gasteiger partial charge in [-0.15, -0.1) is 0 Å². The van der Waals surface area contributed by atoms with Crippen LogP contribution in [0.5, 0.6) is 11.5 Å². The van der Waals surface area contributed by atoms with Crippen LogP contribution in [-0.4, -0.2) is 23.0 Å². The van der Waals surface area contributed by atoms with E-state index in [1.165, 1.54) is 4.68 Å². The molecule has 0 saturated carbocycles. The van der Waals surface area contributed by atoms with Crippen LogP contribution < -0.4 is 15.0 Å². The lowest BCUT2D eigenvalue weighted by Crippen LogP contribution is -2.23. The highest BCUT2D eigenvalue weighted by Gasteiger charge is 2.15. The normalized spacial score (nSPS) is 11.5. The van der Waals surface area contributed by atoms with Gasteiger partial charge in [-0.25, -0.2) is 4.98 Å². The Morgan fingerprint density at radius 1 is 1.09 bits per heavy atom. The summed E-state index contributed by atoms with van der Waals surface area (Å²) in [6.07, 6.45) is 1.62. The van der Waals surface area contributed by atoms with Crippen molar-refractivity contribution in [3.8, 4) is 11.5 Å². The van der Waals surface area contributed by atoms with E-state index in [4.69, 9.17) is 9.47 Å². The van der Waals surface area contributed by atoms with Crippen LogP contribution >= 0.6 is 31.9 Å². The molecule has 0 atom stereocenters. The van der Waals surface area contributed by atoms with E-state index in [0.717, 1.165) is 20.1 Å². The SMILES string of the molecule is COc1cc(C=Nn2c(C(C)C)nc3ccc(Br)cc3c2=O)cc(Br)c1OCc1ccccc1. The highest BCUT2D eigenvalue weighted by molar-refractivity contribution is 9.10. The Hall–Kier alpha value is -2.97. The average molecular weight is 585 g/mol. The predicted molar refractivity (Wildman–Crippen MR) is 142 cm³/mol. The molecule has 174 valence electrons. The third-order valence-electron chi connectivity index (χ3n) is 5.15. The van der Waals surface area contributed by atoms with Gasteiger partial charge in [0.05, 0.1) is 28.7 Å². The van der Waals surface area contributed by atoms with Gasteiger partial charge in [0.1, 0.15) is 12.4 Å². The number of benzene rings is 3. The fourth-order valence-electron chi connectivity index (χ4n) is 3.46. The third kappa shape index (κ3) is 5.23. The molecule has 34 heavy (non-hydrogen) atoms. The zero-order chi connectivity index (χ0) is 24.2. The summed E-state index contributed by atoms with van der Waals surface area (Å²) in [7, 11) is 1.59. The quantitative estimate of drug-likeness (QED) is 0.232. The van der Waals surface area contributed by atoms with Crippen LogP contribution in [0.25, 0.3) is 10.9 Å². The van der Waals surface area contributed by atoms with Crippen molar-refractivity contribution in [2.75, 3.05) is 7.11 Å². The summed E-state index contributed by atoms with van der Waals surface area (Å²) in [5.41, 5.74) is 2.22. The van der Waals surface area contributed by atoms with Crippen LogP contribution in [0.1, 0.15) is 36.7 Å². The zero-order valence-electron chi connectivity index (χ0n) is 19.0. The number of ether oxygens (including phenoxy) is 2. The summed E-state index contributed by atoms with van der Waals surface area (Å²) in [5, 5.41) is 5.00. The number of fused-ring (bicyclic) bond motifs is 1.